The third kappa shape index (κ3) is 3.37. The van der Waals surface area contributed by atoms with Gasteiger partial charge < -0.3 is 5.32 Å². The minimum atomic E-state index is -0.661. The molecule has 0 aromatic heterocycles. The molecule has 18 heavy (non-hydrogen) atoms. The lowest BCUT2D eigenvalue weighted by atomic mass is 9.94. The fourth-order valence-electron chi connectivity index (χ4n) is 1.59. The van der Waals surface area contributed by atoms with E-state index in [1.165, 1.54) is 0 Å². The molecular weight excluding hydrogens is 252 g/mol. The van der Waals surface area contributed by atoms with Crippen LogP contribution < -0.4 is 5.32 Å². The summed E-state index contributed by atoms with van der Waals surface area (Å²) in [6.07, 6.45) is 0. The predicted molar refractivity (Wildman–Crippen MR) is 71.8 cm³/mol. The van der Waals surface area contributed by atoms with Crippen molar-refractivity contribution < 1.29 is 10.0 Å². The molecule has 1 rings (SSSR count). The van der Waals surface area contributed by atoms with E-state index in [-0.39, 0.29) is 6.04 Å². The molecule has 0 heterocycles. The lowest BCUT2D eigenvalue weighted by molar-refractivity contribution is -0.0699. The number of carbonyl (C=O) groups excluding carboxylic acids is 1. The van der Waals surface area contributed by atoms with Crippen molar-refractivity contribution in [1.29, 1.82) is 0 Å². The maximum Gasteiger partial charge on any atom is 0.342 e. The Bertz CT molecular complexity index is 433. The lowest BCUT2D eigenvalue weighted by Gasteiger charge is -2.30. The Hall–Kier alpha value is -1.26. The number of hydroxylamine groups is 2. The van der Waals surface area contributed by atoms with Crippen molar-refractivity contribution in [3.63, 3.8) is 0 Å². The van der Waals surface area contributed by atoms with Gasteiger partial charge in [0.1, 0.15) is 0 Å². The summed E-state index contributed by atoms with van der Waals surface area (Å²) in [6.45, 7) is 7.12. The van der Waals surface area contributed by atoms with Crippen molar-refractivity contribution in [3.05, 3.63) is 34.9 Å². The van der Waals surface area contributed by atoms with Crippen LogP contribution in [0.2, 0.25) is 5.02 Å². The maximum absolute atomic E-state index is 11.8. The highest BCUT2D eigenvalue weighted by Crippen LogP contribution is 2.27. The molecule has 0 aliphatic rings. The molecule has 1 aromatic rings. The van der Waals surface area contributed by atoms with Crippen LogP contribution in [-0.4, -0.2) is 22.3 Å². The largest absolute Gasteiger partial charge is 0.342 e. The Balaban J connectivity index is 2.89. The fraction of sp³-hybridized carbons (Fsp3) is 0.462. The SMILES string of the molecule is CC(C)N(O)C(=O)NC(C)(C)c1ccccc1Cl. The topological polar surface area (TPSA) is 52.6 Å². The molecule has 0 aliphatic heterocycles. The van der Waals surface area contributed by atoms with Gasteiger partial charge in [-0.1, -0.05) is 29.8 Å². The fourth-order valence-corrected chi connectivity index (χ4v) is 1.97. The maximum atomic E-state index is 11.8. The summed E-state index contributed by atoms with van der Waals surface area (Å²) in [5, 5.41) is 13.6. The van der Waals surface area contributed by atoms with E-state index in [0.717, 1.165) is 5.56 Å². The van der Waals surface area contributed by atoms with Gasteiger partial charge in [-0.15, -0.1) is 0 Å². The highest BCUT2D eigenvalue weighted by atomic mass is 35.5. The number of nitrogens with one attached hydrogen (secondary N) is 1. The van der Waals surface area contributed by atoms with Crippen molar-refractivity contribution in [2.24, 2.45) is 0 Å². The van der Waals surface area contributed by atoms with Crippen LogP contribution in [0.25, 0.3) is 0 Å². The van der Waals surface area contributed by atoms with E-state index >= 15 is 0 Å². The summed E-state index contributed by atoms with van der Waals surface area (Å²) in [4.78, 5) is 11.8. The molecule has 0 unspecified atom stereocenters. The van der Waals surface area contributed by atoms with Gasteiger partial charge in [-0.3, -0.25) is 5.21 Å². The number of rotatable bonds is 3. The molecule has 0 saturated carbocycles. The number of benzene rings is 1. The van der Waals surface area contributed by atoms with Crippen LogP contribution in [0.4, 0.5) is 4.79 Å². The molecule has 0 fully saturated rings. The minimum Gasteiger partial charge on any atom is -0.327 e. The standard InChI is InChI=1S/C13H19ClN2O2/c1-9(2)16(18)12(17)15-13(3,4)10-7-5-6-8-11(10)14/h5-9,18H,1-4H3,(H,15,17). The first-order valence-corrected chi connectivity index (χ1v) is 6.18. The first-order valence-electron chi connectivity index (χ1n) is 5.81. The molecule has 4 nitrogen and oxygen atoms in total. The Kier molecular flexibility index (Phi) is 4.59. The van der Waals surface area contributed by atoms with Crippen LogP contribution in [0.1, 0.15) is 33.3 Å². The van der Waals surface area contributed by atoms with Gasteiger partial charge in [0.05, 0.1) is 11.6 Å². The zero-order chi connectivity index (χ0) is 13.9. The Morgan fingerprint density at radius 1 is 1.39 bits per heavy atom. The van der Waals surface area contributed by atoms with E-state index in [4.69, 9.17) is 11.6 Å². The molecule has 1 aromatic carbocycles. The minimum absolute atomic E-state index is 0.285. The predicted octanol–water partition coefficient (Wildman–Crippen LogP) is 3.38. The number of hydrogen-bond acceptors (Lipinski definition) is 2. The second kappa shape index (κ2) is 5.59. The molecule has 0 bridgehead atoms. The average molecular weight is 271 g/mol. The number of nitrogens with zero attached hydrogens (tertiary/aromatic N) is 1. The number of hydrogen-bond donors (Lipinski definition) is 2. The van der Waals surface area contributed by atoms with Crippen LogP contribution in [0.3, 0.4) is 0 Å². The number of urea groups is 1. The monoisotopic (exact) mass is 270 g/mol. The average Bonchev–Trinajstić information content (AvgIpc) is 2.27. The molecule has 2 N–H and O–H groups in total. The molecule has 2 amide bonds. The van der Waals surface area contributed by atoms with Crippen molar-refractivity contribution >= 4 is 17.6 Å². The number of halogens is 1. The summed E-state index contributed by atoms with van der Waals surface area (Å²) < 4.78 is 0. The van der Waals surface area contributed by atoms with Gasteiger partial charge in [0.25, 0.3) is 0 Å². The van der Waals surface area contributed by atoms with Crippen LogP contribution in [-0.2, 0) is 5.54 Å². The number of carbonyl (C=O) groups is 1. The summed E-state index contributed by atoms with van der Waals surface area (Å²) in [6, 6.07) is 6.47. The molecular formula is C13H19ClN2O2. The lowest BCUT2D eigenvalue weighted by Crippen LogP contribution is -2.49. The van der Waals surface area contributed by atoms with Gasteiger partial charge in [-0.2, -0.15) is 0 Å². The summed E-state index contributed by atoms with van der Waals surface area (Å²) in [5.74, 6) is 0. The van der Waals surface area contributed by atoms with Gasteiger partial charge in [-0.05, 0) is 39.3 Å². The van der Waals surface area contributed by atoms with Gasteiger partial charge in [0, 0.05) is 5.02 Å². The Morgan fingerprint density at radius 2 is 1.94 bits per heavy atom. The highest BCUT2D eigenvalue weighted by molar-refractivity contribution is 6.31. The second-order valence-corrected chi connectivity index (χ2v) is 5.38. The van der Waals surface area contributed by atoms with E-state index in [0.29, 0.717) is 10.1 Å². The first-order chi connectivity index (χ1) is 8.25. The van der Waals surface area contributed by atoms with Crippen LogP contribution in [0.5, 0.6) is 0 Å². The second-order valence-electron chi connectivity index (χ2n) is 4.97. The van der Waals surface area contributed by atoms with E-state index in [1.54, 1.807) is 19.9 Å². The quantitative estimate of drug-likeness (QED) is 0.653. The normalized spacial score (nSPS) is 11.5. The molecule has 0 atom stereocenters. The highest BCUT2D eigenvalue weighted by Gasteiger charge is 2.27. The van der Waals surface area contributed by atoms with Gasteiger partial charge in [0.15, 0.2) is 0 Å². The molecule has 0 radical (unpaired) electrons. The molecule has 0 aliphatic carbocycles. The van der Waals surface area contributed by atoms with Crippen LogP contribution in [0, 0.1) is 0 Å². The van der Waals surface area contributed by atoms with Crippen LogP contribution in [0.15, 0.2) is 24.3 Å². The molecule has 100 valence electrons. The van der Waals surface area contributed by atoms with Gasteiger partial charge >= 0.3 is 6.03 Å². The summed E-state index contributed by atoms with van der Waals surface area (Å²) >= 11 is 6.11. The zero-order valence-corrected chi connectivity index (χ0v) is 11.8. The Morgan fingerprint density at radius 3 is 2.44 bits per heavy atom. The summed E-state index contributed by atoms with van der Waals surface area (Å²) in [5.41, 5.74) is 0.142. The number of amides is 2. The Labute approximate surface area is 113 Å². The van der Waals surface area contributed by atoms with Crippen molar-refractivity contribution in [1.82, 2.24) is 10.4 Å². The van der Waals surface area contributed by atoms with Crippen molar-refractivity contribution in [3.8, 4) is 0 Å². The van der Waals surface area contributed by atoms with Gasteiger partial charge in [0.2, 0.25) is 0 Å². The van der Waals surface area contributed by atoms with E-state index in [9.17, 15) is 10.0 Å². The van der Waals surface area contributed by atoms with E-state index in [1.807, 2.05) is 32.0 Å². The first kappa shape index (κ1) is 14.8. The third-order valence-corrected chi connectivity index (χ3v) is 2.99. The van der Waals surface area contributed by atoms with Gasteiger partial charge in [-0.25, -0.2) is 9.86 Å². The third-order valence-electron chi connectivity index (χ3n) is 2.66. The molecule has 0 saturated heterocycles. The smallest absolute Gasteiger partial charge is 0.327 e. The zero-order valence-electron chi connectivity index (χ0n) is 11.1. The van der Waals surface area contributed by atoms with Crippen molar-refractivity contribution in [2.75, 3.05) is 0 Å². The van der Waals surface area contributed by atoms with E-state index < -0.39 is 11.6 Å². The van der Waals surface area contributed by atoms with Crippen LogP contribution >= 0.6 is 11.6 Å². The summed E-state index contributed by atoms with van der Waals surface area (Å²) in [7, 11) is 0. The van der Waals surface area contributed by atoms with Crippen molar-refractivity contribution in [2.45, 2.75) is 39.3 Å². The molecule has 0 spiro atoms. The molecule has 5 heteroatoms. The van der Waals surface area contributed by atoms with E-state index in [2.05, 4.69) is 5.32 Å².